The molecule has 98 valence electrons. The summed E-state index contributed by atoms with van der Waals surface area (Å²) in [7, 11) is 0. The molecule has 0 aliphatic carbocycles. The molecule has 1 aliphatic rings. The Labute approximate surface area is 104 Å². The molecule has 0 saturated carbocycles. The molecule has 18 heavy (non-hydrogen) atoms. The number of rotatable bonds is 3. The molecular formula is C10H15N5O3. The van der Waals surface area contributed by atoms with Gasteiger partial charge < -0.3 is 9.64 Å². The summed E-state index contributed by atoms with van der Waals surface area (Å²) in [5.41, 5.74) is 0. The number of hydrogen-bond donors (Lipinski definition) is 1. The van der Waals surface area contributed by atoms with Gasteiger partial charge in [-0.25, -0.2) is 4.79 Å². The number of amides is 1. The van der Waals surface area contributed by atoms with Gasteiger partial charge in [-0.05, 0) is 31.4 Å². The van der Waals surface area contributed by atoms with E-state index in [2.05, 4.69) is 20.6 Å². The molecule has 0 aromatic carbocycles. The summed E-state index contributed by atoms with van der Waals surface area (Å²) < 4.78 is 4.98. The molecule has 2 heterocycles. The lowest BCUT2D eigenvalue weighted by Gasteiger charge is -2.32. The first-order valence-electron chi connectivity index (χ1n) is 5.95. The van der Waals surface area contributed by atoms with Gasteiger partial charge in [0, 0.05) is 6.54 Å². The van der Waals surface area contributed by atoms with Crippen LogP contribution in [0.4, 0.5) is 0 Å². The Morgan fingerprint density at radius 2 is 2.33 bits per heavy atom. The average molecular weight is 253 g/mol. The summed E-state index contributed by atoms with van der Waals surface area (Å²) in [5, 5.41) is 12.9. The highest BCUT2D eigenvalue weighted by Gasteiger charge is 2.35. The predicted octanol–water partition coefficient (Wildman–Crippen LogP) is -0.242. The Morgan fingerprint density at radius 3 is 3.00 bits per heavy atom. The molecule has 8 nitrogen and oxygen atoms in total. The number of aromatic nitrogens is 4. The van der Waals surface area contributed by atoms with E-state index in [9.17, 15) is 9.59 Å². The minimum absolute atomic E-state index is 0.0220. The van der Waals surface area contributed by atoms with E-state index in [-0.39, 0.29) is 17.7 Å². The molecule has 1 aromatic heterocycles. The Bertz CT molecular complexity index is 419. The van der Waals surface area contributed by atoms with Crippen molar-refractivity contribution in [2.75, 3.05) is 13.2 Å². The molecule has 0 bridgehead atoms. The van der Waals surface area contributed by atoms with Crippen molar-refractivity contribution in [3.05, 3.63) is 5.82 Å². The number of carbonyl (C=O) groups is 2. The van der Waals surface area contributed by atoms with Gasteiger partial charge in [-0.1, -0.05) is 0 Å². The van der Waals surface area contributed by atoms with Gasteiger partial charge in [0.25, 0.3) is 11.7 Å². The molecule has 1 fully saturated rings. The van der Waals surface area contributed by atoms with Crippen LogP contribution in [0.2, 0.25) is 0 Å². The van der Waals surface area contributed by atoms with E-state index >= 15 is 0 Å². The van der Waals surface area contributed by atoms with Crippen LogP contribution in [0.3, 0.4) is 0 Å². The third-order valence-electron chi connectivity index (χ3n) is 2.86. The predicted molar refractivity (Wildman–Crippen MR) is 59.5 cm³/mol. The topological polar surface area (TPSA) is 101 Å². The highest BCUT2D eigenvalue weighted by Crippen LogP contribution is 2.19. The summed E-state index contributed by atoms with van der Waals surface area (Å²) >= 11 is 0. The fourth-order valence-electron chi connectivity index (χ4n) is 2.04. The molecule has 1 saturated heterocycles. The largest absolute Gasteiger partial charge is 0.464 e. The lowest BCUT2D eigenvalue weighted by molar-refractivity contribution is -0.149. The van der Waals surface area contributed by atoms with Crippen LogP contribution in [-0.2, 0) is 9.53 Å². The highest BCUT2D eigenvalue weighted by molar-refractivity contribution is 5.93. The zero-order valence-corrected chi connectivity index (χ0v) is 10.1. The molecule has 8 heteroatoms. The number of tetrazole rings is 1. The third-order valence-corrected chi connectivity index (χ3v) is 2.86. The fourth-order valence-corrected chi connectivity index (χ4v) is 2.04. The number of aromatic amines is 1. The quantitative estimate of drug-likeness (QED) is 0.746. The number of esters is 1. The Balaban J connectivity index is 2.12. The first kappa shape index (κ1) is 12.5. The van der Waals surface area contributed by atoms with Crippen LogP contribution in [-0.4, -0.2) is 56.6 Å². The second-order valence-corrected chi connectivity index (χ2v) is 4.00. The molecule has 1 aromatic rings. The van der Waals surface area contributed by atoms with Crippen LogP contribution in [0.25, 0.3) is 0 Å². The van der Waals surface area contributed by atoms with Crippen molar-refractivity contribution in [3.63, 3.8) is 0 Å². The standard InChI is InChI=1S/C10H15N5O3/c1-2-18-10(17)7-5-3-4-6-15(7)9(16)8-11-13-14-12-8/h7H,2-6H2,1H3,(H,11,12,13,14). The maximum atomic E-state index is 12.1. The van der Waals surface area contributed by atoms with E-state index in [0.717, 1.165) is 12.8 Å². The van der Waals surface area contributed by atoms with E-state index < -0.39 is 6.04 Å². The van der Waals surface area contributed by atoms with E-state index in [1.807, 2.05) is 0 Å². The molecule has 1 unspecified atom stereocenters. The second-order valence-electron chi connectivity index (χ2n) is 4.00. The van der Waals surface area contributed by atoms with Crippen molar-refractivity contribution >= 4 is 11.9 Å². The Hall–Kier alpha value is -1.99. The van der Waals surface area contributed by atoms with E-state index in [1.165, 1.54) is 4.90 Å². The number of nitrogens with one attached hydrogen (secondary N) is 1. The van der Waals surface area contributed by atoms with Crippen molar-refractivity contribution in [2.45, 2.75) is 32.2 Å². The molecule has 0 spiro atoms. The van der Waals surface area contributed by atoms with Crippen molar-refractivity contribution in [3.8, 4) is 0 Å². The Kier molecular flexibility index (Phi) is 3.85. The van der Waals surface area contributed by atoms with Gasteiger partial charge in [0.05, 0.1) is 6.61 Å². The van der Waals surface area contributed by atoms with Gasteiger partial charge in [-0.2, -0.15) is 5.21 Å². The van der Waals surface area contributed by atoms with Crippen LogP contribution in [0.1, 0.15) is 36.8 Å². The molecule has 1 amide bonds. The molecular weight excluding hydrogens is 238 g/mol. The minimum Gasteiger partial charge on any atom is -0.464 e. The number of H-pyrrole nitrogens is 1. The van der Waals surface area contributed by atoms with Gasteiger partial charge in [0.1, 0.15) is 6.04 Å². The van der Waals surface area contributed by atoms with Gasteiger partial charge in [-0.15, -0.1) is 10.2 Å². The molecule has 1 aliphatic heterocycles. The van der Waals surface area contributed by atoms with E-state index in [0.29, 0.717) is 19.6 Å². The monoisotopic (exact) mass is 253 g/mol. The van der Waals surface area contributed by atoms with Crippen molar-refractivity contribution in [1.82, 2.24) is 25.5 Å². The third kappa shape index (κ3) is 2.47. The fraction of sp³-hybridized carbons (Fsp3) is 0.700. The summed E-state index contributed by atoms with van der Waals surface area (Å²) in [4.78, 5) is 25.4. The molecule has 1 N–H and O–H groups in total. The summed E-state index contributed by atoms with van der Waals surface area (Å²) in [5.74, 6) is -0.776. The van der Waals surface area contributed by atoms with Crippen molar-refractivity contribution < 1.29 is 14.3 Å². The molecule has 2 rings (SSSR count). The first-order chi connectivity index (χ1) is 8.74. The van der Waals surface area contributed by atoms with Crippen molar-refractivity contribution in [2.24, 2.45) is 0 Å². The first-order valence-corrected chi connectivity index (χ1v) is 5.95. The SMILES string of the molecule is CCOC(=O)C1CCCCN1C(=O)c1nn[nH]n1. The molecule has 0 radical (unpaired) electrons. The van der Waals surface area contributed by atoms with E-state index in [4.69, 9.17) is 4.74 Å². The minimum atomic E-state index is -0.537. The lowest BCUT2D eigenvalue weighted by Crippen LogP contribution is -2.49. The second kappa shape index (κ2) is 5.56. The lowest BCUT2D eigenvalue weighted by atomic mass is 10.0. The number of likely N-dealkylation sites (tertiary alicyclic amines) is 1. The van der Waals surface area contributed by atoms with Crippen LogP contribution in [0, 0.1) is 0 Å². The van der Waals surface area contributed by atoms with Gasteiger partial charge in [-0.3, -0.25) is 4.79 Å². The summed E-state index contributed by atoms with van der Waals surface area (Å²) in [6.07, 6.45) is 2.38. The summed E-state index contributed by atoms with van der Waals surface area (Å²) in [6.45, 7) is 2.56. The molecule has 1 atom stereocenters. The average Bonchev–Trinajstić information content (AvgIpc) is 2.92. The number of nitrogens with zero attached hydrogens (tertiary/aromatic N) is 4. The zero-order valence-electron chi connectivity index (χ0n) is 10.1. The number of carbonyl (C=O) groups excluding carboxylic acids is 2. The maximum absolute atomic E-state index is 12.1. The van der Waals surface area contributed by atoms with Crippen molar-refractivity contribution in [1.29, 1.82) is 0 Å². The van der Waals surface area contributed by atoms with Gasteiger partial charge >= 0.3 is 5.97 Å². The van der Waals surface area contributed by atoms with Crippen LogP contribution in [0.15, 0.2) is 0 Å². The smallest absolute Gasteiger partial charge is 0.328 e. The number of piperidine rings is 1. The van der Waals surface area contributed by atoms with Crippen LogP contribution in [0.5, 0.6) is 0 Å². The highest BCUT2D eigenvalue weighted by atomic mass is 16.5. The van der Waals surface area contributed by atoms with Gasteiger partial charge in [0.2, 0.25) is 0 Å². The maximum Gasteiger partial charge on any atom is 0.328 e. The van der Waals surface area contributed by atoms with Gasteiger partial charge in [0.15, 0.2) is 0 Å². The van der Waals surface area contributed by atoms with Crippen LogP contribution < -0.4 is 0 Å². The van der Waals surface area contributed by atoms with Crippen LogP contribution >= 0.6 is 0 Å². The van der Waals surface area contributed by atoms with E-state index in [1.54, 1.807) is 6.92 Å². The summed E-state index contributed by atoms with van der Waals surface area (Å²) in [6, 6.07) is -0.537. The Morgan fingerprint density at radius 1 is 1.50 bits per heavy atom. The number of hydrogen-bond acceptors (Lipinski definition) is 6. The zero-order chi connectivity index (χ0) is 13.0. The normalized spacial score (nSPS) is 19.6. The number of ether oxygens (including phenoxy) is 1.